The highest BCUT2D eigenvalue weighted by Crippen LogP contribution is 2.15. The van der Waals surface area contributed by atoms with Crippen molar-refractivity contribution in [3.05, 3.63) is 72.9 Å². The molecule has 4 heteroatoms. The van der Waals surface area contributed by atoms with Gasteiger partial charge in [0.15, 0.2) is 0 Å². The van der Waals surface area contributed by atoms with Crippen molar-refractivity contribution in [1.29, 1.82) is 0 Å². The van der Waals surface area contributed by atoms with Gasteiger partial charge in [-0.2, -0.15) is 0 Å². The first-order valence-electron chi connectivity index (χ1n) is 23.7. The zero-order valence-corrected chi connectivity index (χ0v) is 36.4. The van der Waals surface area contributed by atoms with Crippen LogP contribution in [-0.2, 0) is 4.79 Å². The van der Waals surface area contributed by atoms with Gasteiger partial charge in [0.2, 0.25) is 5.91 Å². The Bertz CT molecular complexity index is 961. The van der Waals surface area contributed by atoms with Gasteiger partial charge in [0.1, 0.15) is 0 Å². The third-order valence-corrected chi connectivity index (χ3v) is 10.4. The smallest absolute Gasteiger partial charge is 0.220 e. The zero-order valence-electron chi connectivity index (χ0n) is 36.4. The molecule has 0 rings (SSSR count). The van der Waals surface area contributed by atoms with Crippen LogP contribution >= 0.6 is 0 Å². The van der Waals surface area contributed by atoms with Gasteiger partial charge in [-0.1, -0.05) is 215 Å². The average Bonchev–Trinajstić information content (AvgIpc) is 3.19. The largest absolute Gasteiger partial charge is 0.394 e. The zero-order chi connectivity index (χ0) is 40.0. The van der Waals surface area contributed by atoms with Crippen molar-refractivity contribution < 1.29 is 15.0 Å². The van der Waals surface area contributed by atoms with Crippen molar-refractivity contribution >= 4 is 5.91 Å². The highest BCUT2D eigenvalue weighted by atomic mass is 16.3. The van der Waals surface area contributed by atoms with E-state index in [0.29, 0.717) is 6.42 Å². The summed E-state index contributed by atoms with van der Waals surface area (Å²) in [6.45, 7) is 4.17. The summed E-state index contributed by atoms with van der Waals surface area (Å²) < 4.78 is 0. The molecule has 0 aromatic rings. The van der Waals surface area contributed by atoms with Crippen LogP contribution in [0.4, 0.5) is 0 Å². The molecular formula is C51H91NO3. The topological polar surface area (TPSA) is 69.6 Å². The van der Waals surface area contributed by atoms with Crippen LogP contribution < -0.4 is 5.32 Å². The van der Waals surface area contributed by atoms with Crippen molar-refractivity contribution in [2.24, 2.45) is 0 Å². The van der Waals surface area contributed by atoms with Crippen LogP contribution in [0.25, 0.3) is 0 Å². The van der Waals surface area contributed by atoms with Gasteiger partial charge in [0.25, 0.3) is 0 Å². The number of aliphatic hydroxyl groups excluding tert-OH is 2. The number of aliphatic hydroxyl groups is 2. The first-order valence-corrected chi connectivity index (χ1v) is 23.7. The SMILES string of the molecule is CC/C=C\C/C=C\C/C=C\CCCCCCCC(=O)NC(CO)C(O)/C=C/CC/C=C/CC/C=C/CCCCCCCCCCCCCCCCCCCC. The van der Waals surface area contributed by atoms with Gasteiger partial charge in [0.05, 0.1) is 18.8 Å². The normalized spacial score (nSPS) is 13.6. The Labute approximate surface area is 342 Å². The fraction of sp³-hybridized carbons (Fsp3) is 0.745. The summed E-state index contributed by atoms with van der Waals surface area (Å²) in [6.07, 6.45) is 66.1. The molecule has 0 bridgehead atoms. The minimum Gasteiger partial charge on any atom is -0.394 e. The maximum absolute atomic E-state index is 12.4. The monoisotopic (exact) mass is 766 g/mol. The van der Waals surface area contributed by atoms with Crippen LogP contribution in [0.3, 0.4) is 0 Å². The number of hydrogen-bond acceptors (Lipinski definition) is 3. The van der Waals surface area contributed by atoms with E-state index in [1.165, 1.54) is 135 Å². The summed E-state index contributed by atoms with van der Waals surface area (Å²) in [6, 6.07) is -0.658. The molecule has 0 spiro atoms. The second-order valence-electron chi connectivity index (χ2n) is 15.8. The molecule has 0 radical (unpaired) electrons. The maximum atomic E-state index is 12.4. The Morgan fingerprint density at radius 3 is 1.27 bits per heavy atom. The number of carbonyl (C=O) groups is 1. The molecule has 0 fully saturated rings. The molecule has 0 aliphatic carbocycles. The van der Waals surface area contributed by atoms with E-state index in [2.05, 4.69) is 79.9 Å². The summed E-state index contributed by atoms with van der Waals surface area (Å²) in [5.41, 5.74) is 0. The molecule has 2 atom stereocenters. The van der Waals surface area contributed by atoms with E-state index < -0.39 is 12.1 Å². The maximum Gasteiger partial charge on any atom is 0.220 e. The molecule has 0 saturated heterocycles. The molecule has 0 aliphatic rings. The standard InChI is InChI=1S/C51H91NO3/c1-3-5-7-9-11-13-15-17-19-20-21-22-23-24-25-26-27-28-29-30-31-33-34-36-38-40-42-44-46-50(54)49(48-53)52-51(55)47-45-43-41-39-37-35-32-18-16-14-12-10-8-6-4-2/h6,8,12,14,18,30-32,36,38,44,46,49-50,53-54H,3-5,7,9-11,13,15-17,19-29,33-35,37,39-43,45,47-48H2,1-2H3,(H,52,55)/b8-6-,14-12-,31-30+,32-18-,38-36+,46-44+. The molecule has 4 nitrogen and oxygen atoms in total. The first kappa shape index (κ1) is 52.8. The van der Waals surface area contributed by atoms with Gasteiger partial charge in [-0.25, -0.2) is 0 Å². The van der Waals surface area contributed by atoms with E-state index in [1.54, 1.807) is 6.08 Å². The van der Waals surface area contributed by atoms with Gasteiger partial charge in [-0.05, 0) is 77.0 Å². The van der Waals surface area contributed by atoms with Gasteiger partial charge in [-0.15, -0.1) is 0 Å². The third-order valence-electron chi connectivity index (χ3n) is 10.4. The molecular weight excluding hydrogens is 675 g/mol. The quantitative estimate of drug-likeness (QED) is 0.0428. The van der Waals surface area contributed by atoms with Crippen LogP contribution in [0.15, 0.2) is 72.9 Å². The lowest BCUT2D eigenvalue weighted by atomic mass is 10.0. The molecule has 0 heterocycles. The van der Waals surface area contributed by atoms with Gasteiger partial charge in [0, 0.05) is 6.42 Å². The summed E-state index contributed by atoms with van der Waals surface area (Å²) >= 11 is 0. The average molecular weight is 766 g/mol. The Morgan fingerprint density at radius 2 is 0.818 bits per heavy atom. The fourth-order valence-corrected chi connectivity index (χ4v) is 6.81. The van der Waals surface area contributed by atoms with Crippen molar-refractivity contribution in [3.63, 3.8) is 0 Å². The molecule has 1 amide bonds. The van der Waals surface area contributed by atoms with Crippen molar-refractivity contribution in [1.82, 2.24) is 5.32 Å². The molecule has 0 aromatic heterocycles. The van der Waals surface area contributed by atoms with E-state index in [1.807, 2.05) is 6.08 Å². The molecule has 55 heavy (non-hydrogen) atoms. The first-order chi connectivity index (χ1) is 27.2. The fourth-order valence-electron chi connectivity index (χ4n) is 6.81. The van der Waals surface area contributed by atoms with Crippen molar-refractivity contribution in [2.75, 3.05) is 6.61 Å². The van der Waals surface area contributed by atoms with E-state index in [0.717, 1.165) is 70.6 Å². The molecule has 2 unspecified atom stereocenters. The summed E-state index contributed by atoms with van der Waals surface area (Å²) in [7, 11) is 0. The molecule has 0 aromatic carbocycles. The van der Waals surface area contributed by atoms with Gasteiger partial charge < -0.3 is 15.5 Å². The van der Waals surface area contributed by atoms with E-state index in [4.69, 9.17) is 0 Å². The highest BCUT2D eigenvalue weighted by Gasteiger charge is 2.17. The molecule has 318 valence electrons. The number of unbranched alkanes of at least 4 members (excludes halogenated alkanes) is 25. The van der Waals surface area contributed by atoms with Crippen LogP contribution in [0.2, 0.25) is 0 Å². The van der Waals surface area contributed by atoms with Crippen molar-refractivity contribution in [2.45, 2.75) is 238 Å². The number of amides is 1. The van der Waals surface area contributed by atoms with Gasteiger partial charge >= 0.3 is 0 Å². The van der Waals surface area contributed by atoms with Crippen LogP contribution in [0.1, 0.15) is 226 Å². The van der Waals surface area contributed by atoms with Gasteiger partial charge in [-0.3, -0.25) is 4.79 Å². The minimum absolute atomic E-state index is 0.0972. The molecule has 0 aliphatic heterocycles. The van der Waals surface area contributed by atoms with Crippen LogP contribution in [0, 0.1) is 0 Å². The lowest BCUT2D eigenvalue weighted by molar-refractivity contribution is -0.123. The molecule has 0 saturated carbocycles. The lowest BCUT2D eigenvalue weighted by Crippen LogP contribution is -2.45. The number of hydrogen-bond donors (Lipinski definition) is 3. The van der Waals surface area contributed by atoms with Crippen LogP contribution in [0.5, 0.6) is 0 Å². The highest BCUT2D eigenvalue weighted by molar-refractivity contribution is 5.76. The summed E-state index contributed by atoms with van der Waals surface area (Å²) in [5.74, 6) is -0.0972. The number of allylic oxidation sites excluding steroid dienone is 11. The number of carbonyl (C=O) groups excluding carboxylic acids is 1. The second kappa shape index (κ2) is 46.2. The number of nitrogens with one attached hydrogen (secondary N) is 1. The second-order valence-corrected chi connectivity index (χ2v) is 15.8. The number of rotatable bonds is 42. The summed E-state index contributed by atoms with van der Waals surface area (Å²) in [5, 5.41) is 23.0. The van der Waals surface area contributed by atoms with Crippen LogP contribution in [-0.4, -0.2) is 34.9 Å². The molecule has 3 N–H and O–H groups in total. The Hall–Kier alpha value is -2.17. The third kappa shape index (κ3) is 42.8. The van der Waals surface area contributed by atoms with E-state index in [9.17, 15) is 15.0 Å². The predicted octanol–water partition coefficient (Wildman–Crippen LogP) is 15.1. The Kier molecular flexibility index (Phi) is 44.4. The lowest BCUT2D eigenvalue weighted by Gasteiger charge is -2.19. The van der Waals surface area contributed by atoms with E-state index >= 15 is 0 Å². The predicted molar refractivity (Wildman–Crippen MR) is 244 cm³/mol. The summed E-state index contributed by atoms with van der Waals surface area (Å²) in [4.78, 5) is 12.4. The van der Waals surface area contributed by atoms with Crippen molar-refractivity contribution in [3.8, 4) is 0 Å². The Morgan fingerprint density at radius 1 is 0.455 bits per heavy atom. The minimum atomic E-state index is -0.881. The Balaban J connectivity index is 3.62. The van der Waals surface area contributed by atoms with E-state index in [-0.39, 0.29) is 12.5 Å².